The van der Waals surface area contributed by atoms with Crippen LogP contribution in [0.5, 0.6) is 0 Å². The van der Waals surface area contributed by atoms with Crippen molar-refractivity contribution in [2.75, 3.05) is 44.7 Å². The van der Waals surface area contributed by atoms with Crippen LogP contribution >= 0.6 is 23.8 Å². The van der Waals surface area contributed by atoms with Gasteiger partial charge in [-0.2, -0.15) is 13.2 Å². The third-order valence-electron chi connectivity index (χ3n) is 5.31. The zero-order chi connectivity index (χ0) is 20.1. The fourth-order valence-electron chi connectivity index (χ4n) is 3.71. The number of nitrogens with zero attached hydrogens (tertiary/aromatic N) is 2. The minimum absolute atomic E-state index is 0.194. The molecule has 156 valence electrons. The standard InChI is InChI=1S/C19H25ClF3N3OS/c20-16-5-4-14(19(21,22)23)13-17(16)24-18(28)26-7-2-1-3-15(26)6-8-25-9-11-27-12-10-25/h4-5,13,15H,1-3,6-12H2,(H,24,28). The van der Waals surface area contributed by atoms with Gasteiger partial charge in [-0.05, 0) is 56.1 Å². The van der Waals surface area contributed by atoms with Gasteiger partial charge in [-0.3, -0.25) is 4.90 Å². The van der Waals surface area contributed by atoms with E-state index in [4.69, 9.17) is 28.6 Å². The van der Waals surface area contributed by atoms with Gasteiger partial charge in [0.1, 0.15) is 0 Å². The summed E-state index contributed by atoms with van der Waals surface area (Å²) in [5.74, 6) is 0. The van der Waals surface area contributed by atoms with E-state index >= 15 is 0 Å². The molecule has 0 amide bonds. The summed E-state index contributed by atoms with van der Waals surface area (Å²) in [5, 5.41) is 3.61. The molecular weight excluding hydrogens is 411 g/mol. The van der Waals surface area contributed by atoms with E-state index in [2.05, 4.69) is 15.1 Å². The Balaban J connectivity index is 1.64. The SMILES string of the molecule is FC(F)(F)c1ccc(Cl)c(NC(=S)N2CCCCC2CCN2CCOCC2)c1. The van der Waals surface area contributed by atoms with Crippen LogP contribution in [-0.2, 0) is 10.9 Å². The Kier molecular flexibility index (Phi) is 7.42. The molecule has 2 aliphatic heterocycles. The van der Waals surface area contributed by atoms with Crippen molar-refractivity contribution in [1.82, 2.24) is 9.80 Å². The highest BCUT2D eigenvalue weighted by Crippen LogP contribution is 2.34. The molecule has 9 heteroatoms. The van der Waals surface area contributed by atoms with E-state index in [9.17, 15) is 13.2 Å². The first-order chi connectivity index (χ1) is 13.3. The highest BCUT2D eigenvalue weighted by atomic mass is 35.5. The van der Waals surface area contributed by atoms with E-state index in [1.54, 1.807) is 0 Å². The van der Waals surface area contributed by atoms with Gasteiger partial charge in [0.05, 0.1) is 29.5 Å². The first-order valence-electron chi connectivity index (χ1n) is 9.59. The van der Waals surface area contributed by atoms with Crippen molar-refractivity contribution in [2.45, 2.75) is 37.9 Å². The minimum atomic E-state index is -4.42. The van der Waals surface area contributed by atoms with Gasteiger partial charge in [0.15, 0.2) is 5.11 Å². The third kappa shape index (κ3) is 5.72. The van der Waals surface area contributed by atoms with Crippen molar-refractivity contribution in [3.05, 3.63) is 28.8 Å². The zero-order valence-electron chi connectivity index (χ0n) is 15.6. The maximum atomic E-state index is 13.0. The predicted molar refractivity (Wildman–Crippen MR) is 109 cm³/mol. The fraction of sp³-hybridized carbons (Fsp3) is 0.632. The van der Waals surface area contributed by atoms with Crippen LogP contribution < -0.4 is 5.32 Å². The summed E-state index contributed by atoms with van der Waals surface area (Å²) in [6, 6.07) is 3.52. The van der Waals surface area contributed by atoms with E-state index in [-0.39, 0.29) is 16.8 Å². The van der Waals surface area contributed by atoms with Gasteiger partial charge in [0.25, 0.3) is 0 Å². The van der Waals surface area contributed by atoms with Crippen LogP contribution in [0.25, 0.3) is 0 Å². The van der Waals surface area contributed by atoms with E-state index in [1.165, 1.54) is 6.07 Å². The number of benzene rings is 1. The summed E-state index contributed by atoms with van der Waals surface area (Å²) >= 11 is 11.6. The number of likely N-dealkylation sites (tertiary alicyclic amines) is 1. The summed E-state index contributed by atoms with van der Waals surface area (Å²) < 4.78 is 44.4. The summed E-state index contributed by atoms with van der Waals surface area (Å²) in [7, 11) is 0. The van der Waals surface area contributed by atoms with Crippen LogP contribution in [0.2, 0.25) is 5.02 Å². The van der Waals surface area contributed by atoms with Gasteiger partial charge in [0.2, 0.25) is 0 Å². The van der Waals surface area contributed by atoms with Crippen LogP contribution in [0.3, 0.4) is 0 Å². The van der Waals surface area contributed by atoms with Crippen molar-refractivity contribution >= 4 is 34.6 Å². The number of nitrogens with one attached hydrogen (secondary N) is 1. The van der Waals surface area contributed by atoms with Crippen LogP contribution in [0.4, 0.5) is 18.9 Å². The Hall–Kier alpha value is -1.09. The molecule has 2 heterocycles. The Bertz CT molecular complexity index is 683. The first kappa shape index (κ1) is 21.6. The second kappa shape index (κ2) is 9.61. The van der Waals surface area contributed by atoms with E-state index < -0.39 is 11.7 Å². The lowest BCUT2D eigenvalue weighted by Gasteiger charge is -2.39. The van der Waals surface area contributed by atoms with Gasteiger partial charge in [-0.15, -0.1) is 0 Å². The summed E-state index contributed by atoms with van der Waals surface area (Å²) in [6.45, 7) is 5.18. The number of alkyl halides is 3. The van der Waals surface area contributed by atoms with E-state index in [1.807, 2.05) is 0 Å². The average molecular weight is 436 g/mol. The number of piperidine rings is 1. The highest BCUT2D eigenvalue weighted by Gasteiger charge is 2.31. The monoisotopic (exact) mass is 435 g/mol. The number of halogens is 4. The molecule has 1 aromatic carbocycles. The van der Waals surface area contributed by atoms with Gasteiger partial charge >= 0.3 is 6.18 Å². The maximum Gasteiger partial charge on any atom is 0.416 e. The lowest BCUT2D eigenvalue weighted by atomic mass is 9.99. The van der Waals surface area contributed by atoms with Crippen molar-refractivity contribution < 1.29 is 17.9 Å². The number of morpholine rings is 1. The lowest BCUT2D eigenvalue weighted by Crippen LogP contribution is -2.47. The molecule has 28 heavy (non-hydrogen) atoms. The maximum absolute atomic E-state index is 13.0. The van der Waals surface area contributed by atoms with E-state index in [0.717, 1.165) is 77.2 Å². The summed E-state index contributed by atoms with van der Waals surface area (Å²) in [5.41, 5.74) is -0.552. The largest absolute Gasteiger partial charge is 0.416 e. The van der Waals surface area contributed by atoms with Crippen molar-refractivity contribution in [3.63, 3.8) is 0 Å². The quantitative estimate of drug-likeness (QED) is 0.696. The molecule has 3 rings (SSSR count). The number of thiocarbonyl (C=S) groups is 1. The minimum Gasteiger partial charge on any atom is -0.379 e. The van der Waals surface area contributed by atoms with Crippen LogP contribution in [0.1, 0.15) is 31.2 Å². The normalized spacial score (nSPS) is 21.6. The van der Waals surface area contributed by atoms with Gasteiger partial charge in [-0.1, -0.05) is 11.6 Å². The first-order valence-corrected chi connectivity index (χ1v) is 10.4. The fourth-order valence-corrected chi connectivity index (χ4v) is 4.22. The number of ether oxygens (including phenoxy) is 1. The van der Waals surface area contributed by atoms with Gasteiger partial charge < -0.3 is 15.0 Å². The molecule has 0 radical (unpaired) electrons. The Morgan fingerprint density at radius 1 is 1.21 bits per heavy atom. The number of hydrogen-bond donors (Lipinski definition) is 1. The molecule has 0 saturated carbocycles. The van der Waals surface area contributed by atoms with Crippen molar-refractivity contribution in [3.8, 4) is 0 Å². The average Bonchev–Trinajstić information content (AvgIpc) is 2.68. The molecule has 0 spiro atoms. The van der Waals surface area contributed by atoms with Crippen LogP contribution in [-0.4, -0.2) is 60.3 Å². The van der Waals surface area contributed by atoms with Gasteiger partial charge in [-0.25, -0.2) is 0 Å². The number of hydrogen-bond acceptors (Lipinski definition) is 3. The second-order valence-electron chi connectivity index (χ2n) is 7.21. The molecule has 1 unspecified atom stereocenters. The summed E-state index contributed by atoms with van der Waals surface area (Å²) in [6.07, 6.45) is -0.265. The smallest absolute Gasteiger partial charge is 0.379 e. The molecule has 1 N–H and O–H groups in total. The zero-order valence-corrected chi connectivity index (χ0v) is 17.2. The molecule has 2 saturated heterocycles. The molecule has 2 fully saturated rings. The van der Waals surface area contributed by atoms with E-state index in [0.29, 0.717) is 5.11 Å². The number of anilines is 1. The van der Waals surface area contributed by atoms with Crippen LogP contribution in [0, 0.1) is 0 Å². The number of rotatable bonds is 4. The lowest BCUT2D eigenvalue weighted by molar-refractivity contribution is -0.137. The Morgan fingerprint density at radius 2 is 1.96 bits per heavy atom. The van der Waals surface area contributed by atoms with Crippen molar-refractivity contribution in [2.24, 2.45) is 0 Å². The summed E-state index contributed by atoms with van der Waals surface area (Å²) in [4.78, 5) is 4.49. The molecule has 2 aliphatic rings. The third-order valence-corrected chi connectivity index (χ3v) is 5.97. The molecule has 4 nitrogen and oxygen atoms in total. The Labute approximate surface area is 174 Å². The van der Waals surface area contributed by atoms with Gasteiger partial charge in [0, 0.05) is 32.2 Å². The second-order valence-corrected chi connectivity index (χ2v) is 8.00. The van der Waals surface area contributed by atoms with Crippen LogP contribution in [0.15, 0.2) is 18.2 Å². The molecule has 1 atom stereocenters. The predicted octanol–water partition coefficient (Wildman–Crippen LogP) is 4.63. The van der Waals surface area contributed by atoms with Crippen molar-refractivity contribution in [1.29, 1.82) is 0 Å². The molecule has 0 bridgehead atoms. The molecule has 1 aromatic rings. The molecule has 0 aliphatic carbocycles. The molecular formula is C19H25ClF3N3OS. The molecule has 0 aromatic heterocycles. The topological polar surface area (TPSA) is 27.7 Å². The Morgan fingerprint density at radius 3 is 2.68 bits per heavy atom. The highest BCUT2D eigenvalue weighted by molar-refractivity contribution is 7.80.